The number of fused-ring (bicyclic) bond motifs is 1. The van der Waals surface area contributed by atoms with Gasteiger partial charge in [0, 0.05) is 19.5 Å². The maximum absolute atomic E-state index is 12.7. The molecule has 0 aliphatic carbocycles. The van der Waals surface area contributed by atoms with Gasteiger partial charge in [-0.2, -0.15) is 4.98 Å². The van der Waals surface area contributed by atoms with Gasteiger partial charge in [0.1, 0.15) is 5.75 Å². The van der Waals surface area contributed by atoms with Crippen LogP contribution in [0.4, 0.5) is 0 Å². The Hall–Kier alpha value is -2.37. The number of amides is 1. The summed E-state index contributed by atoms with van der Waals surface area (Å²) in [6.45, 7) is 4.02. The highest BCUT2D eigenvalue weighted by Crippen LogP contribution is 2.28. The number of nitrogens with zero attached hydrogens (tertiary/aromatic N) is 3. The molecule has 0 spiro atoms. The predicted molar refractivity (Wildman–Crippen MR) is 86.9 cm³/mol. The summed E-state index contributed by atoms with van der Waals surface area (Å²) in [5.41, 5.74) is 2.26. The molecule has 0 unspecified atom stereocenters. The summed E-state index contributed by atoms with van der Waals surface area (Å²) in [4.78, 5) is 18.9. The zero-order chi connectivity index (χ0) is 16.5. The smallest absolute Gasteiger partial charge is 0.231 e. The molecule has 1 atom stereocenters. The molecule has 1 amide bonds. The molecule has 2 aliphatic heterocycles. The van der Waals surface area contributed by atoms with Crippen LogP contribution in [0, 0.1) is 6.92 Å². The molecule has 1 fully saturated rings. The summed E-state index contributed by atoms with van der Waals surface area (Å²) in [6, 6.07) is 6.07. The van der Waals surface area contributed by atoms with Crippen molar-refractivity contribution in [3.05, 3.63) is 41.0 Å². The van der Waals surface area contributed by atoms with Crippen molar-refractivity contribution in [1.29, 1.82) is 0 Å². The predicted octanol–water partition coefficient (Wildman–Crippen LogP) is 2.26. The molecule has 1 aromatic heterocycles. The SMILES string of the molecule is Cc1noc([C@H]2CCCN(C(=O)Cc3ccc4c(c3)CCO4)C2)n1. The maximum atomic E-state index is 12.7. The van der Waals surface area contributed by atoms with Crippen LogP contribution < -0.4 is 4.74 Å². The van der Waals surface area contributed by atoms with Crippen molar-refractivity contribution in [3.8, 4) is 5.75 Å². The van der Waals surface area contributed by atoms with E-state index in [1.165, 1.54) is 5.56 Å². The highest BCUT2D eigenvalue weighted by atomic mass is 16.5. The van der Waals surface area contributed by atoms with E-state index in [-0.39, 0.29) is 11.8 Å². The molecule has 0 saturated carbocycles. The monoisotopic (exact) mass is 327 g/mol. The molecular formula is C18H21N3O3. The lowest BCUT2D eigenvalue weighted by molar-refractivity contribution is -0.131. The highest BCUT2D eigenvalue weighted by Gasteiger charge is 2.28. The van der Waals surface area contributed by atoms with E-state index in [0.29, 0.717) is 24.7 Å². The number of benzene rings is 1. The fraction of sp³-hybridized carbons (Fsp3) is 0.500. The van der Waals surface area contributed by atoms with E-state index in [1.807, 2.05) is 24.0 Å². The number of aryl methyl sites for hydroxylation is 1. The zero-order valence-corrected chi connectivity index (χ0v) is 13.8. The van der Waals surface area contributed by atoms with Gasteiger partial charge < -0.3 is 14.2 Å². The molecule has 0 bridgehead atoms. The molecule has 4 rings (SSSR count). The van der Waals surface area contributed by atoms with Gasteiger partial charge in [0.2, 0.25) is 11.8 Å². The lowest BCUT2D eigenvalue weighted by Gasteiger charge is -2.31. The van der Waals surface area contributed by atoms with Gasteiger partial charge in [0.05, 0.1) is 18.9 Å². The Kier molecular flexibility index (Phi) is 3.96. The van der Waals surface area contributed by atoms with Crippen molar-refractivity contribution in [2.45, 2.75) is 38.5 Å². The molecule has 3 heterocycles. The lowest BCUT2D eigenvalue weighted by Crippen LogP contribution is -2.40. The van der Waals surface area contributed by atoms with Gasteiger partial charge in [0.15, 0.2) is 5.82 Å². The Labute approximate surface area is 140 Å². The molecule has 6 heteroatoms. The second kappa shape index (κ2) is 6.26. The van der Waals surface area contributed by atoms with Crippen LogP contribution in [0.2, 0.25) is 0 Å². The van der Waals surface area contributed by atoms with Gasteiger partial charge in [-0.1, -0.05) is 17.3 Å². The molecule has 1 aromatic carbocycles. The molecule has 0 N–H and O–H groups in total. The van der Waals surface area contributed by atoms with Gasteiger partial charge in [-0.25, -0.2) is 0 Å². The van der Waals surface area contributed by atoms with Crippen LogP contribution in [-0.2, 0) is 17.6 Å². The fourth-order valence-corrected chi connectivity index (χ4v) is 3.52. The van der Waals surface area contributed by atoms with Crippen LogP contribution >= 0.6 is 0 Å². The zero-order valence-electron chi connectivity index (χ0n) is 13.8. The minimum atomic E-state index is 0.150. The Bertz CT molecular complexity index is 756. The number of aromatic nitrogens is 2. The van der Waals surface area contributed by atoms with Crippen molar-refractivity contribution in [2.24, 2.45) is 0 Å². The average Bonchev–Trinajstić information content (AvgIpc) is 3.23. The first kappa shape index (κ1) is 15.2. The van der Waals surface area contributed by atoms with Crippen molar-refractivity contribution >= 4 is 5.91 Å². The molecule has 126 valence electrons. The highest BCUT2D eigenvalue weighted by molar-refractivity contribution is 5.79. The standard InChI is InChI=1S/C18H21N3O3/c1-12-19-18(24-20-12)15-3-2-7-21(11-15)17(22)10-13-4-5-16-14(9-13)6-8-23-16/h4-5,9,15H,2-3,6-8,10-11H2,1H3/t15-/m0/s1. The van der Waals surface area contributed by atoms with Crippen LogP contribution in [0.25, 0.3) is 0 Å². The van der Waals surface area contributed by atoms with Crippen LogP contribution in [0.15, 0.2) is 22.7 Å². The van der Waals surface area contributed by atoms with Gasteiger partial charge in [-0.3, -0.25) is 4.79 Å². The molecule has 1 saturated heterocycles. The van der Waals surface area contributed by atoms with E-state index in [9.17, 15) is 4.79 Å². The fourth-order valence-electron chi connectivity index (χ4n) is 3.52. The van der Waals surface area contributed by atoms with Crippen LogP contribution in [0.3, 0.4) is 0 Å². The quantitative estimate of drug-likeness (QED) is 0.865. The van der Waals surface area contributed by atoms with E-state index in [4.69, 9.17) is 9.26 Å². The van der Waals surface area contributed by atoms with Crippen LogP contribution in [-0.4, -0.2) is 40.6 Å². The van der Waals surface area contributed by atoms with E-state index in [1.54, 1.807) is 0 Å². The molecule has 2 aliphatic rings. The normalized spacial score (nSPS) is 19.9. The number of hydrogen-bond donors (Lipinski definition) is 0. The second-order valence-corrected chi connectivity index (χ2v) is 6.58. The van der Waals surface area contributed by atoms with Crippen molar-refractivity contribution in [1.82, 2.24) is 15.0 Å². The summed E-state index contributed by atoms with van der Waals surface area (Å²) in [6.07, 6.45) is 3.32. The summed E-state index contributed by atoms with van der Waals surface area (Å²) in [7, 11) is 0. The molecule has 6 nitrogen and oxygen atoms in total. The second-order valence-electron chi connectivity index (χ2n) is 6.58. The number of rotatable bonds is 3. The largest absolute Gasteiger partial charge is 0.493 e. The Morgan fingerprint density at radius 3 is 3.17 bits per heavy atom. The Morgan fingerprint density at radius 1 is 1.42 bits per heavy atom. The third kappa shape index (κ3) is 3.00. The minimum Gasteiger partial charge on any atom is -0.493 e. The number of piperidine rings is 1. The molecule has 24 heavy (non-hydrogen) atoms. The van der Waals surface area contributed by atoms with Crippen molar-refractivity contribution < 1.29 is 14.1 Å². The first-order valence-corrected chi connectivity index (χ1v) is 8.51. The molecular weight excluding hydrogens is 306 g/mol. The summed E-state index contributed by atoms with van der Waals surface area (Å²) >= 11 is 0. The maximum Gasteiger partial charge on any atom is 0.231 e. The van der Waals surface area contributed by atoms with Crippen LogP contribution in [0.1, 0.15) is 41.6 Å². The number of carbonyl (C=O) groups excluding carboxylic acids is 1. The van der Waals surface area contributed by atoms with Crippen LogP contribution in [0.5, 0.6) is 5.75 Å². The first-order chi connectivity index (χ1) is 11.7. The van der Waals surface area contributed by atoms with E-state index in [0.717, 1.165) is 43.7 Å². The van der Waals surface area contributed by atoms with Crippen molar-refractivity contribution in [3.63, 3.8) is 0 Å². The van der Waals surface area contributed by atoms with Gasteiger partial charge in [0.25, 0.3) is 0 Å². The van der Waals surface area contributed by atoms with E-state index < -0.39 is 0 Å². The van der Waals surface area contributed by atoms with E-state index in [2.05, 4.69) is 16.2 Å². The van der Waals surface area contributed by atoms with Gasteiger partial charge >= 0.3 is 0 Å². The first-order valence-electron chi connectivity index (χ1n) is 8.51. The third-order valence-corrected chi connectivity index (χ3v) is 4.78. The topological polar surface area (TPSA) is 68.5 Å². The molecule has 0 radical (unpaired) electrons. The average molecular weight is 327 g/mol. The number of carbonyl (C=O) groups is 1. The Balaban J connectivity index is 1.42. The summed E-state index contributed by atoms with van der Waals surface area (Å²) in [5.74, 6) is 2.57. The van der Waals surface area contributed by atoms with E-state index >= 15 is 0 Å². The van der Waals surface area contributed by atoms with Gasteiger partial charge in [-0.15, -0.1) is 0 Å². The third-order valence-electron chi connectivity index (χ3n) is 4.78. The van der Waals surface area contributed by atoms with Gasteiger partial charge in [-0.05, 0) is 37.0 Å². The number of ether oxygens (including phenoxy) is 1. The van der Waals surface area contributed by atoms with Crippen molar-refractivity contribution in [2.75, 3.05) is 19.7 Å². The Morgan fingerprint density at radius 2 is 2.33 bits per heavy atom. The summed E-state index contributed by atoms with van der Waals surface area (Å²) in [5, 5.41) is 3.86. The lowest BCUT2D eigenvalue weighted by atomic mass is 9.97. The number of hydrogen-bond acceptors (Lipinski definition) is 5. The molecule has 2 aromatic rings. The number of likely N-dealkylation sites (tertiary alicyclic amines) is 1. The summed E-state index contributed by atoms with van der Waals surface area (Å²) < 4.78 is 10.8. The minimum absolute atomic E-state index is 0.150.